The van der Waals surface area contributed by atoms with E-state index in [2.05, 4.69) is 12.2 Å². The first-order valence-electron chi connectivity index (χ1n) is 6.12. The summed E-state index contributed by atoms with van der Waals surface area (Å²) in [6, 6.07) is 0.710. The lowest BCUT2D eigenvalue weighted by Crippen LogP contribution is -2.38. The average molecular weight is 212 g/mol. The summed E-state index contributed by atoms with van der Waals surface area (Å²) in [7, 11) is 0. The van der Waals surface area contributed by atoms with Gasteiger partial charge in [-0.2, -0.15) is 0 Å². The highest BCUT2D eigenvalue weighted by atomic mass is 16.1. The topological polar surface area (TPSA) is 55.1 Å². The van der Waals surface area contributed by atoms with E-state index in [0.29, 0.717) is 12.5 Å². The van der Waals surface area contributed by atoms with Crippen molar-refractivity contribution in [2.75, 3.05) is 0 Å². The number of amides is 1. The maximum atomic E-state index is 10.7. The lowest BCUT2D eigenvalue weighted by atomic mass is 9.99. The minimum absolute atomic E-state index is 0.207. The van der Waals surface area contributed by atoms with E-state index >= 15 is 0 Å². The van der Waals surface area contributed by atoms with Gasteiger partial charge in [0, 0.05) is 18.5 Å². The van der Waals surface area contributed by atoms with Crippen LogP contribution in [0.25, 0.3) is 0 Å². The van der Waals surface area contributed by atoms with Gasteiger partial charge in [0.15, 0.2) is 0 Å². The maximum absolute atomic E-state index is 10.7. The highest BCUT2D eigenvalue weighted by Crippen LogP contribution is 2.28. The van der Waals surface area contributed by atoms with Crippen molar-refractivity contribution in [2.45, 2.75) is 64.5 Å². The molecule has 3 heteroatoms. The molecule has 2 unspecified atom stereocenters. The molecule has 1 amide bonds. The number of hydrogen-bond donors (Lipinski definition) is 2. The van der Waals surface area contributed by atoms with Gasteiger partial charge in [0.25, 0.3) is 0 Å². The van der Waals surface area contributed by atoms with Crippen molar-refractivity contribution in [3.63, 3.8) is 0 Å². The van der Waals surface area contributed by atoms with Crippen molar-refractivity contribution in [1.29, 1.82) is 0 Å². The predicted octanol–water partition coefficient (Wildman–Crippen LogP) is 1.81. The van der Waals surface area contributed by atoms with Crippen LogP contribution in [0.3, 0.4) is 0 Å². The molecule has 0 spiro atoms. The first-order chi connectivity index (χ1) is 7.08. The predicted molar refractivity (Wildman–Crippen MR) is 62.4 cm³/mol. The van der Waals surface area contributed by atoms with Crippen LogP contribution in [0.5, 0.6) is 0 Å². The number of hydrogen-bond acceptors (Lipinski definition) is 2. The van der Waals surface area contributed by atoms with Crippen LogP contribution in [0.15, 0.2) is 0 Å². The number of primary amides is 1. The summed E-state index contributed by atoms with van der Waals surface area (Å²) in [6.45, 7) is 4.23. The lowest BCUT2D eigenvalue weighted by Gasteiger charge is -2.21. The van der Waals surface area contributed by atoms with Gasteiger partial charge in [-0.25, -0.2) is 0 Å². The van der Waals surface area contributed by atoms with Gasteiger partial charge < -0.3 is 11.1 Å². The second-order valence-electron chi connectivity index (χ2n) is 5.03. The number of nitrogens with one attached hydrogen (secondary N) is 1. The molecule has 1 rings (SSSR count). The van der Waals surface area contributed by atoms with Crippen molar-refractivity contribution in [3.05, 3.63) is 0 Å². The van der Waals surface area contributed by atoms with Crippen LogP contribution in [-0.4, -0.2) is 18.0 Å². The number of nitrogens with two attached hydrogens (primary N) is 1. The molecule has 0 aromatic heterocycles. The summed E-state index contributed by atoms with van der Waals surface area (Å²) >= 11 is 0. The van der Waals surface area contributed by atoms with Crippen LogP contribution < -0.4 is 11.1 Å². The smallest absolute Gasteiger partial charge is 0.218 e. The molecule has 0 heterocycles. The fraction of sp³-hybridized carbons (Fsp3) is 0.917. The summed E-state index contributed by atoms with van der Waals surface area (Å²) in [5, 5.41) is 3.44. The molecule has 0 aromatic carbocycles. The molecule has 15 heavy (non-hydrogen) atoms. The van der Waals surface area contributed by atoms with Gasteiger partial charge in [-0.1, -0.05) is 25.7 Å². The van der Waals surface area contributed by atoms with E-state index in [4.69, 9.17) is 5.73 Å². The molecule has 1 fully saturated rings. The van der Waals surface area contributed by atoms with E-state index in [0.717, 1.165) is 5.92 Å². The first-order valence-corrected chi connectivity index (χ1v) is 6.12. The van der Waals surface area contributed by atoms with Crippen LogP contribution in [0, 0.1) is 5.92 Å². The average Bonchev–Trinajstić information content (AvgIpc) is 2.53. The molecule has 0 aromatic rings. The summed E-state index contributed by atoms with van der Waals surface area (Å²) in [5.41, 5.74) is 5.15. The van der Waals surface area contributed by atoms with Gasteiger partial charge in [-0.15, -0.1) is 0 Å². The second kappa shape index (κ2) is 6.11. The first kappa shape index (κ1) is 12.5. The van der Waals surface area contributed by atoms with Crippen LogP contribution >= 0.6 is 0 Å². The highest BCUT2D eigenvalue weighted by molar-refractivity contribution is 5.74. The molecule has 0 saturated heterocycles. The number of carbonyl (C=O) groups excluding carboxylic acids is 1. The summed E-state index contributed by atoms with van der Waals surface area (Å²) in [4.78, 5) is 10.7. The van der Waals surface area contributed by atoms with Crippen molar-refractivity contribution < 1.29 is 4.79 Å². The fourth-order valence-corrected chi connectivity index (χ4v) is 2.66. The zero-order valence-corrected chi connectivity index (χ0v) is 9.96. The Labute approximate surface area is 92.8 Å². The molecular formula is C12H24N2O. The molecule has 1 saturated carbocycles. The minimum Gasteiger partial charge on any atom is -0.370 e. The number of rotatable bonds is 6. The van der Waals surface area contributed by atoms with E-state index in [-0.39, 0.29) is 11.9 Å². The van der Waals surface area contributed by atoms with Gasteiger partial charge in [0.1, 0.15) is 0 Å². The fourth-order valence-electron chi connectivity index (χ4n) is 2.66. The van der Waals surface area contributed by atoms with E-state index in [9.17, 15) is 4.79 Å². The molecule has 1 aliphatic carbocycles. The Morgan fingerprint density at radius 1 is 1.33 bits per heavy atom. The van der Waals surface area contributed by atoms with E-state index in [1.165, 1.54) is 32.1 Å². The third kappa shape index (κ3) is 5.17. The monoisotopic (exact) mass is 212 g/mol. The molecule has 3 nitrogen and oxygen atoms in total. The second-order valence-corrected chi connectivity index (χ2v) is 5.03. The number of carbonyl (C=O) groups is 1. The minimum atomic E-state index is -0.219. The SMILES string of the molecule is CC(CC(N)=O)NC(C)CC1CCCC1. The molecular weight excluding hydrogens is 188 g/mol. The van der Waals surface area contributed by atoms with Gasteiger partial charge in [-0.3, -0.25) is 4.79 Å². The van der Waals surface area contributed by atoms with Gasteiger partial charge in [-0.05, 0) is 26.2 Å². The zero-order valence-electron chi connectivity index (χ0n) is 9.96. The summed E-state index contributed by atoms with van der Waals surface area (Å²) in [6.07, 6.45) is 7.24. The van der Waals surface area contributed by atoms with Crippen molar-refractivity contribution in [1.82, 2.24) is 5.32 Å². The molecule has 0 radical (unpaired) electrons. The molecule has 88 valence electrons. The summed E-state index contributed by atoms with van der Waals surface area (Å²) in [5.74, 6) is 0.677. The highest BCUT2D eigenvalue weighted by Gasteiger charge is 2.18. The van der Waals surface area contributed by atoms with E-state index in [1.54, 1.807) is 0 Å². The van der Waals surface area contributed by atoms with Gasteiger partial charge >= 0.3 is 0 Å². The van der Waals surface area contributed by atoms with Crippen molar-refractivity contribution >= 4 is 5.91 Å². The van der Waals surface area contributed by atoms with Crippen LogP contribution in [0.1, 0.15) is 52.4 Å². The Morgan fingerprint density at radius 2 is 1.93 bits per heavy atom. The van der Waals surface area contributed by atoms with E-state index in [1.807, 2.05) is 6.92 Å². The van der Waals surface area contributed by atoms with Crippen LogP contribution in [0.2, 0.25) is 0 Å². The normalized spacial score (nSPS) is 21.5. The van der Waals surface area contributed by atoms with Gasteiger partial charge in [0.2, 0.25) is 5.91 Å². The van der Waals surface area contributed by atoms with E-state index < -0.39 is 0 Å². The lowest BCUT2D eigenvalue weighted by molar-refractivity contribution is -0.118. The quantitative estimate of drug-likeness (QED) is 0.705. The third-order valence-electron chi connectivity index (χ3n) is 3.24. The molecule has 2 atom stereocenters. The Morgan fingerprint density at radius 3 is 2.47 bits per heavy atom. The van der Waals surface area contributed by atoms with Crippen LogP contribution in [0.4, 0.5) is 0 Å². The molecule has 1 aliphatic rings. The van der Waals surface area contributed by atoms with Crippen LogP contribution in [-0.2, 0) is 4.79 Å². The zero-order chi connectivity index (χ0) is 11.3. The van der Waals surface area contributed by atoms with Crippen molar-refractivity contribution in [3.8, 4) is 0 Å². The maximum Gasteiger partial charge on any atom is 0.218 e. The third-order valence-corrected chi connectivity index (χ3v) is 3.24. The summed E-state index contributed by atoms with van der Waals surface area (Å²) < 4.78 is 0. The van der Waals surface area contributed by atoms with Gasteiger partial charge in [0.05, 0.1) is 0 Å². The molecule has 3 N–H and O–H groups in total. The Bertz CT molecular complexity index is 200. The van der Waals surface area contributed by atoms with Crippen molar-refractivity contribution in [2.24, 2.45) is 11.7 Å². The Balaban J connectivity index is 2.16. The molecule has 0 aliphatic heterocycles. The Hall–Kier alpha value is -0.570. The standard InChI is InChI=1S/C12H24N2O/c1-9(7-11-5-3-4-6-11)14-10(2)8-12(13)15/h9-11,14H,3-8H2,1-2H3,(H2,13,15). The largest absolute Gasteiger partial charge is 0.370 e. The Kier molecular flexibility index (Phi) is 5.09. The molecule has 0 bridgehead atoms.